The smallest absolute Gasteiger partial charge is 0.220 e. The van der Waals surface area contributed by atoms with Crippen LogP contribution in [0, 0.1) is 0 Å². The van der Waals surface area contributed by atoms with E-state index < -0.39 is 0 Å². The van der Waals surface area contributed by atoms with Gasteiger partial charge in [0.25, 0.3) is 0 Å². The van der Waals surface area contributed by atoms with Crippen LogP contribution in [0.1, 0.15) is 22.7 Å². The van der Waals surface area contributed by atoms with Gasteiger partial charge in [0.05, 0.1) is 0 Å². The lowest BCUT2D eigenvalue weighted by Crippen LogP contribution is -2.04. The quantitative estimate of drug-likeness (QED) is 0.842. The number of hydrogen-bond donors (Lipinski definition) is 1. The van der Waals surface area contributed by atoms with E-state index in [1.54, 1.807) is 6.20 Å². The second kappa shape index (κ2) is 4.72. The lowest BCUT2D eigenvalue weighted by atomic mass is 10.0. The van der Waals surface area contributed by atoms with Crippen LogP contribution in [0.5, 0.6) is 0 Å². The molecule has 0 saturated carbocycles. The minimum atomic E-state index is 0. The van der Waals surface area contributed by atoms with Crippen molar-refractivity contribution in [1.82, 2.24) is 9.97 Å². The zero-order valence-electron chi connectivity index (χ0n) is 9.34. The molecule has 1 aromatic heterocycles. The normalized spacial score (nSPS) is 14.1. The number of nitrogens with zero attached hydrogens (tertiary/aromatic N) is 2. The van der Waals surface area contributed by atoms with Gasteiger partial charge in [0.2, 0.25) is 5.95 Å². The molecule has 0 spiro atoms. The van der Waals surface area contributed by atoms with Crippen LogP contribution >= 0.6 is 12.4 Å². The fraction of sp³-hybridized carbons (Fsp3) is 0.231. The number of fused-ring (bicyclic) bond motifs is 1. The molecule has 1 aromatic carbocycles. The van der Waals surface area contributed by atoms with Gasteiger partial charge in [0, 0.05) is 17.8 Å². The van der Waals surface area contributed by atoms with Crippen molar-refractivity contribution in [2.75, 3.05) is 5.73 Å². The molecule has 2 aromatic rings. The molecule has 2 N–H and O–H groups in total. The molecule has 0 unspecified atom stereocenters. The Bertz CT molecular complexity index is 503. The SMILES string of the molecule is Cl.Nc1nccc(C2Cc3ccccc3C2)n1. The van der Waals surface area contributed by atoms with Crippen LogP contribution in [0.15, 0.2) is 36.5 Å². The molecule has 0 fully saturated rings. The zero-order chi connectivity index (χ0) is 11.0. The summed E-state index contributed by atoms with van der Waals surface area (Å²) in [6.07, 6.45) is 3.86. The zero-order valence-corrected chi connectivity index (χ0v) is 10.2. The average molecular weight is 248 g/mol. The van der Waals surface area contributed by atoms with E-state index in [4.69, 9.17) is 5.73 Å². The molecule has 1 heterocycles. The van der Waals surface area contributed by atoms with E-state index in [1.807, 2.05) is 6.07 Å². The molecule has 17 heavy (non-hydrogen) atoms. The van der Waals surface area contributed by atoms with Crippen molar-refractivity contribution in [3.8, 4) is 0 Å². The van der Waals surface area contributed by atoms with E-state index in [0.717, 1.165) is 18.5 Å². The number of nitrogen functional groups attached to an aromatic ring is 1. The highest BCUT2D eigenvalue weighted by Crippen LogP contribution is 2.32. The van der Waals surface area contributed by atoms with E-state index in [9.17, 15) is 0 Å². The lowest BCUT2D eigenvalue weighted by Gasteiger charge is -2.07. The third-order valence-corrected chi connectivity index (χ3v) is 3.17. The summed E-state index contributed by atoms with van der Waals surface area (Å²) in [6, 6.07) is 10.5. The van der Waals surface area contributed by atoms with Crippen molar-refractivity contribution in [1.29, 1.82) is 0 Å². The Hall–Kier alpha value is -1.61. The highest BCUT2D eigenvalue weighted by molar-refractivity contribution is 5.85. The maximum atomic E-state index is 5.61. The van der Waals surface area contributed by atoms with Gasteiger partial charge in [-0.25, -0.2) is 9.97 Å². The molecule has 0 saturated heterocycles. The van der Waals surface area contributed by atoms with Gasteiger partial charge in [-0.3, -0.25) is 0 Å². The molecule has 0 radical (unpaired) electrons. The summed E-state index contributed by atoms with van der Waals surface area (Å²) >= 11 is 0. The van der Waals surface area contributed by atoms with Gasteiger partial charge in [0.15, 0.2) is 0 Å². The van der Waals surface area contributed by atoms with Crippen molar-refractivity contribution < 1.29 is 0 Å². The first-order chi connectivity index (χ1) is 7.83. The first-order valence-corrected chi connectivity index (χ1v) is 5.48. The van der Waals surface area contributed by atoms with Gasteiger partial charge in [-0.1, -0.05) is 24.3 Å². The number of hydrogen-bond acceptors (Lipinski definition) is 3. The van der Waals surface area contributed by atoms with Crippen molar-refractivity contribution in [2.24, 2.45) is 0 Å². The van der Waals surface area contributed by atoms with Gasteiger partial charge >= 0.3 is 0 Å². The average Bonchev–Trinajstić information content (AvgIpc) is 2.72. The summed E-state index contributed by atoms with van der Waals surface area (Å²) in [5.41, 5.74) is 9.54. The molecule has 1 aliphatic rings. The predicted octanol–water partition coefficient (Wildman–Crippen LogP) is 2.36. The number of rotatable bonds is 1. The van der Waals surface area contributed by atoms with Crippen molar-refractivity contribution in [2.45, 2.75) is 18.8 Å². The second-order valence-corrected chi connectivity index (χ2v) is 4.21. The van der Waals surface area contributed by atoms with Crippen LogP contribution in [0.25, 0.3) is 0 Å². The third kappa shape index (κ3) is 2.24. The molecule has 0 bridgehead atoms. The van der Waals surface area contributed by atoms with Crippen LogP contribution in [0.2, 0.25) is 0 Å². The van der Waals surface area contributed by atoms with Crippen molar-refractivity contribution in [3.63, 3.8) is 0 Å². The Morgan fingerprint density at radius 2 is 1.71 bits per heavy atom. The van der Waals surface area contributed by atoms with Crippen LogP contribution in [0.4, 0.5) is 5.95 Å². The van der Waals surface area contributed by atoms with Crippen molar-refractivity contribution in [3.05, 3.63) is 53.3 Å². The van der Waals surface area contributed by atoms with Crippen molar-refractivity contribution >= 4 is 18.4 Å². The molecule has 0 aliphatic heterocycles. The minimum Gasteiger partial charge on any atom is -0.368 e. The summed E-state index contributed by atoms with van der Waals surface area (Å²) in [5, 5.41) is 0. The van der Waals surface area contributed by atoms with Crippen LogP contribution in [0.3, 0.4) is 0 Å². The Labute approximate surface area is 107 Å². The fourth-order valence-electron chi connectivity index (χ4n) is 2.38. The molecular formula is C13H14ClN3. The van der Waals surface area contributed by atoms with Crippen LogP contribution < -0.4 is 5.73 Å². The predicted molar refractivity (Wildman–Crippen MR) is 70.3 cm³/mol. The summed E-state index contributed by atoms with van der Waals surface area (Å²) in [6.45, 7) is 0. The van der Waals surface area contributed by atoms with Crippen LogP contribution in [-0.2, 0) is 12.8 Å². The molecule has 1 aliphatic carbocycles. The maximum Gasteiger partial charge on any atom is 0.220 e. The lowest BCUT2D eigenvalue weighted by molar-refractivity contribution is 0.712. The standard InChI is InChI=1S/C13H13N3.ClH/c14-13-15-6-5-12(16-13)11-7-9-3-1-2-4-10(9)8-11;/h1-6,11H,7-8H2,(H2,14,15,16);1H. The molecule has 0 amide bonds. The monoisotopic (exact) mass is 247 g/mol. The van der Waals surface area contributed by atoms with E-state index in [-0.39, 0.29) is 12.4 Å². The van der Waals surface area contributed by atoms with Gasteiger partial charge < -0.3 is 5.73 Å². The minimum absolute atomic E-state index is 0. The second-order valence-electron chi connectivity index (χ2n) is 4.21. The summed E-state index contributed by atoms with van der Waals surface area (Å²) in [5.74, 6) is 0.830. The number of nitrogens with two attached hydrogens (primary N) is 1. The van der Waals surface area contributed by atoms with Gasteiger partial charge in [-0.2, -0.15) is 0 Å². The Morgan fingerprint density at radius 1 is 1.06 bits per heavy atom. The molecule has 3 rings (SSSR count). The number of anilines is 1. The van der Waals surface area contributed by atoms with Crippen LogP contribution in [-0.4, -0.2) is 9.97 Å². The number of benzene rings is 1. The Kier molecular flexibility index (Phi) is 3.29. The summed E-state index contributed by atoms with van der Waals surface area (Å²) in [4.78, 5) is 8.23. The molecule has 88 valence electrons. The fourth-order valence-corrected chi connectivity index (χ4v) is 2.38. The maximum absolute atomic E-state index is 5.61. The van der Waals surface area contributed by atoms with Gasteiger partial charge in [-0.15, -0.1) is 12.4 Å². The van der Waals surface area contributed by atoms with E-state index in [0.29, 0.717) is 11.9 Å². The van der Waals surface area contributed by atoms with Gasteiger partial charge in [0.1, 0.15) is 0 Å². The highest BCUT2D eigenvalue weighted by Gasteiger charge is 2.23. The highest BCUT2D eigenvalue weighted by atomic mass is 35.5. The van der Waals surface area contributed by atoms with E-state index in [2.05, 4.69) is 34.2 Å². The first kappa shape index (κ1) is 11.9. The molecular weight excluding hydrogens is 234 g/mol. The molecule has 0 atom stereocenters. The Morgan fingerprint density at radius 3 is 2.29 bits per heavy atom. The largest absolute Gasteiger partial charge is 0.368 e. The summed E-state index contributed by atoms with van der Waals surface area (Å²) in [7, 11) is 0. The third-order valence-electron chi connectivity index (χ3n) is 3.17. The van der Waals surface area contributed by atoms with E-state index >= 15 is 0 Å². The number of halogens is 1. The summed E-state index contributed by atoms with van der Waals surface area (Å²) < 4.78 is 0. The topological polar surface area (TPSA) is 51.8 Å². The first-order valence-electron chi connectivity index (χ1n) is 5.48. The Balaban J connectivity index is 0.00000108. The van der Waals surface area contributed by atoms with Gasteiger partial charge in [-0.05, 0) is 30.0 Å². The number of aromatic nitrogens is 2. The molecule has 4 heteroatoms. The molecule has 3 nitrogen and oxygen atoms in total. The van der Waals surface area contributed by atoms with E-state index in [1.165, 1.54) is 11.1 Å².